The van der Waals surface area contributed by atoms with Gasteiger partial charge < -0.3 is 24.8 Å². The Morgan fingerprint density at radius 3 is 2.17 bits per heavy atom. The predicted molar refractivity (Wildman–Crippen MR) is 39.4 cm³/mol. The number of hydrogen-bond acceptors (Lipinski definition) is 5. The fourth-order valence-corrected chi connectivity index (χ4v) is 1.21. The second-order valence-electron chi connectivity index (χ2n) is 2.92. The van der Waals surface area contributed by atoms with E-state index in [2.05, 4.69) is 0 Å². The molecule has 1 fully saturated rings. The van der Waals surface area contributed by atoms with E-state index < -0.39 is 30.7 Å². The molecule has 0 bridgehead atoms. The number of hydrogen-bond donors (Lipinski definition) is 3. The molecule has 5 nitrogen and oxygen atoms in total. The lowest BCUT2D eigenvalue weighted by molar-refractivity contribution is -0.286. The van der Waals surface area contributed by atoms with E-state index in [4.69, 9.17) is 9.47 Å². The molecule has 5 atom stereocenters. The van der Waals surface area contributed by atoms with Crippen LogP contribution in [0, 0.1) is 0 Å². The number of aliphatic hydroxyl groups is 3. The maximum atomic E-state index is 9.27. The Morgan fingerprint density at radius 2 is 1.67 bits per heavy atom. The minimum Gasteiger partial charge on any atom is -0.388 e. The van der Waals surface area contributed by atoms with Crippen molar-refractivity contribution in [1.82, 2.24) is 0 Å². The highest BCUT2D eigenvalue weighted by Gasteiger charge is 2.41. The first-order valence-corrected chi connectivity index (χ1v) is 3.80. The minimum absolute atomic E-state index is 0.534. The van der Waals surface area contributed by atoms with Crippen molar-refractivity contribution in [3.63, 3.8) is 0 Å². The smallest absolute Gasteiger partial charge is 0.186 e. The van der Waals surface area contributed by atoms with Gasteiger partial charge in [0.15, 0.2) is 6.29 Å². The summed E-state index contributed by atoms with van der Waals surface area (Å²) in [5.41, 5.74) is 0. The van der Waals surface area contributed by atoms with Crippen molar-refractivity contribution in [2.24, 2.45) is 0 Å². The molecule has 0 amide bonds. The maximum Gasteiger partial charge on any atom is 0.186 e. The Morgan fingerprint density at radius 1 is 1.08 bits per heavy atom. The van der Waals surface area contributed by atoms with Crippen LogP contribution < -0.4 is 0 Å². The van der Waals surface area contributed by atoms with E-state index in [0.717, 1.165) is 0 Å². The quantitative estimate of drug-likeness (QED) is 0.453. The first-order chi connectivity index (χ1) is 5.57. The Labute approximate surface area is 70.5 Å². The number of methoxy groups -OCH3 is 1. The van der Waals surface area contributed by atoms with Gasteiger partial charge in [0, 0.05) is 7.11 Å². The standard InChI is InChI=1S/C7H14O5/c1-3-4(8)5(9)6(10)7(11-2)12-3/h3-10H,1-2H3/t3-,4+,5+,6+,7+/m1/s1. The fraction of sp³-hybridized carbons (Fsp3) is 1.00. The lowest BCUT2D eigenvalue weighted by Crippen LogP contribution is -2.57. The van der Waals surface area contributed by atoms with Crippen molar-refractivity contribution >= 4 is 0 Å². The highest BCUT2D eigenvalue weighted by atomic mass is 16.7. The minimum atomic E-state index is -1.21. The second kappa shape index (κ2) is 3.68. The molecule has 0 spiro atoms. The van der Waals surface area contributed by atoms with E-state index in [1.807, 2.05) is 0 Å². The molecule has 0 aromatic rings. The first kappa shape index (κ1) is 9.88. The van der Waals surface area contributed by atoms with E-state index in [1.54, 1.807) is 6.92 Å². The van der Waals surface area contributed by atoms with Crippen molar-refractivity contribution in [2.75, 3.05) is 7.11 Å². The molecule has 0 aliphatic carbocycles. The summed E-state index contributed by atoms with van der Waals surface area (Å²) in [6.07, 6.45) is -4.86. The van der Waals surface area contributed by atoms with Crippen LogP contribution in [-0.4, -0.2) is 53.1 Å². The molecule has 1 aliphatic heterocycles. The SMILES string of the molecule is CO[C@H]1O[C@H](C)[C@H](O)[C@H](O)[C@@H]1O. The topological polar surface area (TPSA) is 79.2 Å². The van der Waals surface area contributed by atoms with Gasteiger partial charge in [-0.15, -0.1) is 0 Å². The number of aliphatic hydroxyl groups excluding tert-OH is 3. The van der Waals surface area contributed by atoms with Gasteiger partial charge in [-0.05, 0) is 6.92 Å². The Balaban J connectivity index is 2.63. The highest BCUT2D eigenvalue weighted by molar-refractivity contribution is 4.86. The van der Waals surface area contributed by atoms with E-state index in [1.165, 1.54) is 7.11 Å². The fourth-order valence-electron chi connectivity index (χ4n) is 1.21. The third kappa shape index (κ3) is 1.60. The van der Waals surface area contributed by atoms with Crippen molar-refractivity contribution in [3.05, 3.63) is 0 Å². The second-order valence-corrected chi connectivity index (χ2v) is 2.92. The van der Waals surface area contributed by atoms with Crippen molar-refractivity contribution in [2.45, 2.75) is 37.6 Å². The monoisotopic (exact) mass is 178 g/mol. The van der Waals surface area contributed by atoms with Gasteiger partial charge in [-0.2, -0.15) is 0 Å². The van der Waals surface area contributed by atoms with Gasteiger partial charge in [-0.1, -0.05) is 0 Å². The van der Waals surface area contributed by atoms with Gasteiger partial charge >= 0.3 is 0 Å². The highest BCUT2D eigenvalue weighted by Crippen LogP contribution is 2.20. The van der Waals surface area contributed by atoms with Crippen molar-refractivity contribution in [3.8, 4) is 0 Å². The summed E-state index contributed by atoms with van der Waals surface area (Å²) in [6, 6.07) is 0. The summed E-state index contributed by atoms with van der Waals surface area (Å²) in [6.45, 7) is 1.60. The van der Waals surface area contributed by atoms with Crippen LogP contribution in [0.5, 0.6) is 0 Å². The van der Waals surface area contributed by atoms with E-state index in [0.29, 0.717) is 0 Å². The third-order valence-corrected chi connectivity index (χ3v) is 2.04. The van der Waals surface area contributed by atoms with Crippen molar-refractivity contribution < 1.29 is 24.8 Å². The molecule has 1 rings (SSSR count). The van der Waals surface area contributed by atoms with Crippen LogP contribution in [0.1, 0.15) is 6.92 Å². The molecule has 0 saturated carbocycles. The largest absolute Gasteiger partial charge is 0.388 e. The van der Waals surface area contributed by atoms with Crippen LogP contribution in [0.25, 0.3) is 0 Å². The predicted octanol–water partition coefficient (Wildman–Crippen LogP) is -1.54. The van der Waals surface area contributed by atoms with Crippen LogP contribution in [0.3, 0.4) is 0 Å². The van der Waals surface area contributed by atoms with E-state index in [-0.39, 0.29) is 0 Å². The zero-order valence-electron chi connectivity index (χ0n) is 7.04. The van der Waals surface area contributed by atoms with E-state index >= 15 is 0 Å². The third-order valence-electron chi connectivity index (χ3n) is 2.04. The lowest BCUT2D eigenvalue weighted by atomic mass is 10.0. The van der Waals surface area contributed by atoms with Crippen LogP contribution in [0.2, 0.25) is 0 Å². The van der Waals surface area contributed by atoms with Crippen LogP contribution in [0.4, 0.5) is 0 Å². The molecule has 0 radical (unpaired) electrons. The lowest BCUT2D eigenvalue weighted by Gasteiger charge is -2.38. The molecule has 0 aromatic heterocycles. The molecule has 1 aliphatic rings. The molecule has 3 N–H and O–H groups in total. The average molecular weight is 178 g/mol. The van der Waals surface area contributed by atoms with Gasteiger partial charge in [0.05, 0.1) is 6.10 Å². The summed E-state index contributed by atoms with van der Waals surface area (Å²) in [7, 11) is 1.37. The maximum absolute atomic E-state index is 9.27. The molecule has 5 heteroatoms. The van der Waals surface area contributed by atoms with Crippen molar-refractivity contribution in [1.29, 1.82) is 0 Å². The first-order valence-electron chi connectivity index (χ1n) is 3.80. The summed E-state index contributed by atoms with van der Waals surface area (Å²) < 4.78 is 9.80. The summed E-state index contributed by atoms with van der Waals surface area (Å²) in [5, 5.41) is 27.8. The van der Waals surface area contributed by atoms with Gasteiger partial charge in [0.2, 0.25) is 0 Å². The summed E-state index contributed by atoms with van der Waals surface area (Å²) in [4.78, 5) is 0. The van der Waals surface area contributed by atoms with Crippen LogP contribution >= 0.6 is 0 Å². The summed E-state index contributed by atoms with van der Waals surface area (Å²) >= 11 is 0. The number of ether oxygens (including phenoxy) is 2. The zero-order chi connectivity index (χ0) is 9.30. The molecule has 72 valence electrons. The Hall–Kier alpha value is -0.200. The average Bonchev–Trinajstić information content (AvgIpc) is 2.08. The molecule has 1 heterocycles. The summed E-state index contributed by atoms with van der Waals surface area (Å²) in [5.74, 6) is 0. The van der Waals surface area contributed by atoms with E-state index in [9.17, 15) is 15.3 Å². The van der Waals surface area contributed by atoms with Gasteiger partial charge in [0.1, 0.15) is 18.3 Å². The molecule has 0 unspecified atom stereocenters. The molecular weight excluding hydrogens is 164 g/mol. The van der Waals surface area contributed by atoms with Crippen LogP contribution in [-0.2, 0) is 9.47 Å². The number of rotatable bonds is 1. The molecule has 12 heavy (non-hydrogen) atoms. The van der Waals surface area contributed by atoms with Gasteiger partial charge in [-0.25, -0.2) is 0 Å². The zero-order valence-corrected chi connectivity index (χ0v) is 7.04. The van der Waals surface area contributed by atoms with Gasteiger partial charge in [-0.3, -0.25) is 0 Å². The normalized spacial score (nSPS) is 49.2. The molecule has 1 saturated heterocycles. The molecular formula is C7H14O5. The van der Waals surface area contributed by atoms with Gasteiger partial charge in [0.25, 0.3) is 0 Å². The molecule has 0 aromatic carbocycles. The Bertz CT molecular complexity index is 146. The van der Waals surface area contributed by atoms with Crippen LogP contribution in [0.15, 0.2) is 0 Å². The Kier molecular flexibility index (Phi) is 3.03.